The van der Waals surface area contributed by atoms with Crippen LogP contribution in [0, 0.1) is 6.92 Å². The van der Waals surface area contributed by atoms with Gasteiger partial charge in [-0.3, -0.25) is 4.79 Å². The van der Waals surface area contributed by atoms with Crippen molar-refractivity contribution in [1.29, 1.82) is 0 Å². The van der Waals surface area contributed by atoms with Crippen LogP contribution in [0.5, 0.6) is 0 Å². The zero-order chi connectivity index (χ0) is 18.8. The molecule has 0 aliphatic heterocycles. The summed E-state index contributed by atoms with van der Waals surface area (Å²) in [5.74, 6) is -0.210. The minimum atomic E-state index is -0.210. The van der Waals surface area contributed by atoms with E-state index in [1.165, 1.54) is 21.8 Å². The number of carbonyl (C=O) groups is 1. The first-order valence-electron chi connectivity index (χ1n) is 9.08. The summed E-state index contributed by atoms with van der Waals surface area (Å²) >= 11 is 0. The standard InChI is InChI=1S/C23H21N3O/c1-3-26-21-10-5-4-9-19(21)20-14-17(11-12-22(20)26)15-24-25-23(27)18-8-6-7-16(2)13-18/h4-15H,3H2,1-2H3,(H,25,27)/b24-15-. The predicted octanol–water partition coefficient (Wildman–Crippen LogP) is 4.89. The number of aryl methyl sites for hydroxylation is 2. The topological polar surface area (TPSA) is 46.4 Å². The molecule has 1 amide bonds. The number of fused-ring (bicyclic) bond motifs is 3. The van der Waals surface area contributed by atoms with E-state index >= 15 is 0 Å². The second-order valence-corrected chi connectivity index (χ2v) is 6.61. The summed E-state index contributed by atoms with van der Waals surface area (Å²) in [5, 5.41) is 6.56. The van der Waals surface area contributed by atoms with E-state index in [2.05, 4.69) is 58.4 Å². The normalized spacial score (nSPS) is 11.5. The van der Waals surface area contributed by atoms with Gasteiger partial charge in [0.1, 0.15) is 0 Å². The fourth-order valence-electron chi connectivity index (χ4n) is 3.51. The monoisotopic (exact) mass is 355 g/mol. The Morgan fingerprint density at radius 1 is 1.00 bits per heavy atom. The summed E-state index contributed by atoms with van der Waals surface area (Å²) in [7, 11) is 0. The summed E-state index contributed by atoms with van der Waals surface area (Å²) in [6.45, 7) is 5.04. The Bertz CT molecular complexity index is 1170. The third-order valence-corrected chi connectivity index (χ3v) is 4.77. The summed E-state index contributed by atoms with van der Waals surface area (Å²) in [6, 6.07) is 22.1. The third-order valence-electron chi connectivity index (χ3n) is 4.77. The number of carbonyl (C=O) groups excluding carboxylic acids is 1. The maximum absolute atomic E-state index is 12.2. The molecule has 4 nitrogen and oxygen atoms in total. The van der Waals surface area contributed by atoms with Crippen molar-refractivity contribution in [2.45, 2.75) is 20.4 Å². The van der Waals surface area contributed by atoms with Crippen LogP contribution in [0.25, 0.3) is 21.8 Å². The Morgan fingerprint density at radius 3 is 2.63 bits per heavy atom. The van der Waals surface area contributed by atoms with Crippen LogP contribution in [0.4, 0.5) is 0 Å². The number of amides is 1. The average Bonchev–Trinajstić information content (AvgIpc) is 3.01. The van der Waals surface area contributed by atoms with E-state index < -0.39 is 0 Å². The lowest BCUT2D eigenvalue weighted by Gasteiger charge is -2.03. The minimum absolute atomic E-state index is 0.210. The van der Waals surface area contributed by atoms with Gasteiger partial charge in [-0.25, -0.2) is 5.43 Å². The van der Waals surface area contributed by atoms with E-state index in [4.69, 9.17) is 0 Å². The molecule has 0 fully saturated rings. The number of hydrogen-bond acceptors (Lipinski definition) is 2. The van der Waals surface area contributed by atoms with E-state index in [0.717, 1.165) is 17.7 Å². The van der Waals surface area contributed by atoms with Crippen LogP contribution in [0.2, 0.25) is 0 Å². The molecule has 0 atom stereocenters. The van der Waals surface area contributed by atoms with Crippen molar-refractivity contribution in [1.82, 2.24) is 9.99 Å². The summed E-state index contributed by atoms with van der Waals surface area (Å²) < 4.78 is 2.31. The summed E-state index contributed by atoms with van der Waals surface area (Å²) in [6.07, 6.45) is 1.69. The lowest BCUT2D eigenvalue weighted by atomic mass is 10.1. The minimum Gasteiger partial charge on any atom is -0.341 e. The van der Waals surface area contributed by atoms with E-state index in [1.54, 1.807) is 12.3 Å². The van der Waals surface area contributed by atoms with Crippen molar-refractivity contribution in [3.05, 3.63) is 83.4 Å². The zero-order valence-corrected chi connectivity index (χ0v) is 15.4. The highest BCUT2D eigenvalue weighted by molar-refractivity contribution is 6.09. The fourth-order valence-corrected chi connectivity index (χ4v) is 3.51. The largest absolute Gasteiger partial charge is 0.341 e. The molecule has 0 aliphatic carbocycles. The molecule has 0 saturated carbocycles. The predicted molar refractivity (Wildman–Crippen MR) is 111 cm³/mol. The molecule has 1 N–H and O–H groups in total. The lowest BCUT2D eigenvalue weighted by Crippen LogP contribution is -2.17. The Hall–Kier alpha value is -3.40. The first kappa shape index (κ1) is 17.0. The molecule has 0 radical (unpaired) electrons. The van der Waals surface area contributed by atoms with Crippen molar-refractivity contribution in [2.24, 2.45) is 5.10 Å². The van der Waals surface area contributed by atoms with Gasteiger partial charge in [0, 0.05) is 33.9 Å². The Kier molecular flexibility index (Phi) is 4.47. The molecule has 4 rings (SSSR count). The molecule has 4 aromatic rings. The van der Waals surface area contributed by atoms with Gasteiger partial charge < -0.3 is 4.57 Å². The number of para-hydroxylation sites is 1. The maximum atomic E-state index is 12.2. The maximum Gasteiger partial charge on any atom is 0.271 e. The quantitative estimate of drug-likeness (QED) is 0.411. The Balaban J connectivity index is 1.62. The molecule has 4 heteroatoms. The number of benzene rings is 3. The molecule has 0 bridgehead atoms. The van der Waals surface area contributed by atoms with Crippen molar-refractivity contribution in [2.75, 3.05) is 0 Å². The van der Waals surface area contributed by atoms with Crippen LogP contribution in [-0.2, 0) is 6.54 Å². The number of nitrogens with zero attached hydrogens (tertiary/aromatic N) is 2. The van der Waals surface area contributed by atoms with Gasteiger partial charge >= 0.3 is 0 Å². The van der Waals surface area contributed by atoms with Gasteiger partial charge in [0.25, 0.3) is 5.91 Å². The molecular weight excluding hydrogens is 334 g/mol. The van der Waals surface area contributed by atoms with Gasteiger partial charge in [-0.05, 0) is 49.7 Å². The fraction of sp³-hybridized carbons (Fsp3) is 0.130. The average molecular weight is 355 g/mol. The molecule has 1 aromatic heterocycles. The number of rotatable bonds is 4. The molecule has 27 heavy (non-hydrogen) atoms. The highest BCUT2D eigenvalue weighted by atomic mass is 16.2. The van der Waals surface area contributed by atoms with Gasteiger partial charge in [-0.15, -0.1) is 0 Å². The first-order valence-corrected chi connectivity index (χ1v) is 9.08. The molecule has 0 aliphatic rings. The van der Waals surface area contributed by atoms with Gasteiger partial charge in [0.15, 0.2) is 0 Å². The van der Waals surface area contributed by atoms with Gasteiger partial charge in [0.2, 0.25) is 0 Å². The van der Waals surface area contributed by atoms with Crippen LogP contribution in [0.1, 0.15) is 28.4 Å². The summed E-state index contributed by atoms with van der Waals surface area (Å²) in [4.78, 5) is 12.2. The van der Waals surface area contributed by atoms with Gasteiger partial charge in [-0.2, -0.15) is 5.10 Å². The number of hydrazone groups is 1. The molecule has 0 spiro atoms. The third kappa shape index (κ3) is 3.22. The first-order chi connectivity index (χ1) is 13.2. The highest BCUT2D eigenvalue weighted by Crippen LogP contribution is 2.29. The van der Waals surface area contributed by atoms with Crippen molar-refractivity contribution >= 4 is 33.9 Å². The zero-order valence-electron chi connectivity index (χ0n) is 15.4. The Labute approximate surface area is 158 Å². The molecular formula is C23H21N3O. The number of hydrogen-bond donors (Lipinski definition) is 1. The van der Waals surface area contributed by atoms with E-state index in [1.807, 2.05) is 31.2 Å². The lowest BCUT2D eigenvalue weighted by molar-refractivity contribution is 0.0955. The second-order valence-electron chi connectivity index (χ2n) is 6.61. The molecule has 1 heterocycles. The highest BCUT2D eigenvalue weighted by Gasteiger charge is 2.09. The van der Waals surface area contributed by atoms with Crippen molar-refractivity contribution in [3.63, 3.8) is 0 Å². The van der Waals surface area contributed by atoms with E-state index in [-0.39, 0.29) is 5.91 Å². The summed E-state index contributed by atoms with van der Waals surface area (Å²) in [5.41, 5.74) is 7.64. The number of nitrogens with one attached hydrogen (secondary N) is 1. The van der Waals surface area contributed by atoms with Crippen LogP contribution >= 0.6 is 0 Å². The SMILES string of the molecule is CCn1c2ccccc2c2cc(/C=N\NC(=O)c3cccc(C)c3)ccc21. The molecule has 134 valence electrons. The Morgan fingerprint density at radius 2 is 1.81 bits per heavy atom. The van der Waals surface area contributed by atoms with Crippen molar-refractivity contribution in [3.8, 4) is 0 Å². The van der Waals surface area contributed by atoms with E-state index in [0.29, 0.717) is 5.56 Å². The van der Waals surface area contributed by atoms with Gasteiger partial charge in [-0.1, -0.05) is 42.0 Å². The van der Waals surface area contributed by atoms with Crippen molar-refractivity contribution < 1.29 is 4.79 Å². The molecule has 0 unspecified atom stereocenters. The molecule has 0 saturated heterocycles. The number of aromatic nitrogens is 1. The van der Waals surface area contributed by atoms with Crippen LogP contribution in [0.15, 0.2) is 71.8 Å². The second kappa shape index (κ2) is 7.08. The van der Waals surface area contributed by atoms with Gasteiger partial charge in [0.05, 0.1) is 6.21 Å². The van der Waals surface area contributed by atoms with Crippen LogP contribution in [0.3, 0.4) is 0 Å². The smallest absolute Gasteiger partial charge is 0.271 e. The van der Waals surface area contributed by atoms with Crippen LogP contribution in [-0.4, -0.2) is 16.7 Å². The molecule has 3 aromatic carbocycles. The van der Waals surface area contributed by atoms with E-state index in [9.17, 15) is 4.79 Å². The van der Waals surface area contributed by atoms with Crippen LogP contribution < -0.4 is 5.43 Å².